The number of benzene rings is 1. The Kier molecular flexibility index (Phi) is 8.33. The van der Waals surface area contributed by atoms with Crippen molar-refractivity contribution in [1.82, 2.24) is 4.90 Å². The molecular formula is C25H35N3O4. The molecule has 0 saturated carbocycles. The van der Waals surface area contributed by atoms with Gasteiger partial charge in [0.05, 0.1) is 19.8 Å². The number of hydrogen-bond acceptors (Lipinski definition) is 5. The lowest BCUT2D eigenvalue weighted by Gasteiger charge is -2.28. The van der Waals surface area contributed by atoms with Crippen molar-refractivity contribution >= 4 is 23.2 Å². The maximum atomic E-state index is 12.7. The fraction of sp³-hybridized carbons (Fsp3) is 0.520. The second-order valence-corrected chi connectivity index (χ2v) is 8.90. The standard InChI is InChI=1S/C25H35N3O4/c1-18(2)5-4-6-19(3)11-12-28-17-22(29)23(25(28)31)24(30)26-20-7-9-21(10-8-20)27-13-15-32-16-14-27/h5,7-10,19,29H,4,6,11-17H2,1-3H3,(H,26,30)/t19-/m1/s1. The van der Waals surface area contributed by atoms with E-state index in [1.54, 1.807) is 4.90 Å². The van der Waals surface area contributed by atoms with E-state index in [4.69, 9.17) is 4.74 Å². The number of allylic oxidation sites excluding steroid dienone is 2. The number of hydrogen-bond donors (Lipinski definition) is 2. The summed E-state index contributed by atoms with van der Waals surface area (Å²) in [7, 11) is 0. The van der Waals surface area contributed by atoms with Gasteiger partial charge in [0.2, 0.25) is 0 Å². The van der Waals surface area contributed by atoms with Crippen LogP contribution < -0.4 is 10.2 Å². The Morgan fingerprint density at radius 2 is 1.88 bits per heavy atom. The fourth-order valence-corrected chi connectivity index (χ4v) is 3.97. The van der Waals surface area contributed by atoms with Crippen LogP contribution in [-0.4, -0.2) is 61.2 Å². The van der Waals surface area contributed by atoms with Crippen LogP contribution in [0.25, 0.3) is 0 Å². The van der Waals surface area contributed by atoms with Crippen LogP contribution in [0.1, 0.15) is 40.0 Å². The van der Waals surface area contributed by atoms with E-state index in [9.17, 15) is 14.7 Å². The molecule has 1 aromatic rings. The molecule has 1 aromatic carbocycles. The highest BCUT2D eigenvalue weighted by Crippen LogP contribution is 2.23. The van der Waals surface area contributed by atoms with Crippen molar-refractivity contribution in [3.8, 4) is 0 Å². The summed E-state index contributed by atoms with van der Waals surface area (Å²) < 4.78 is 5.37. The molecule has 2 amide bonds. The predicted molar refractivity (Wildman–Crippen MR) is 127 cm³/mol. The van der Waals surface area contributed by atoms with Crippen molar-refractivity contribution in [3.63, 3.8) is 0 Å². The molecule has 0 unspecified atom stereocenters. The summed E-state index contributed by atoms with van der Waals surface area (Å²) in [5, 5.41) is 13.0. The van der Waals surface area contributed by atoms with Gasteiger partial charge >= 0.3 is 0 Å². The SMILES string of the molecule is CC(C)=CCC[C@@H](C)CCN1CC(O)=C(C(=O)Nc2ccc(N3CCOCC3)cc2)C1=O. The van der Waals surface area contributed by atoms with Gasteiger partial charge in [-0.05, 0) is 63.3 Å². The largest absolute Gasteiger partial charge is 0.509 e. The molecule has 2 N–H and O–H groups in total. The Bertz CT molecular complexity index is 866. The summed E-state index contributed by atoms with van der Waals surface area (Å²) in [5.74, 6) is -0.662. The van der Waals surface area contributed by atoms with E-state index in [1.807, 2.05) is 24.3 Å². The summed E-state index contributed by atoms with van der Waals surface area (Å²) in [5.41, 5.74) is 2.81. The Balaban J connectivity index is 1.51. The zero-order chi connectivity index (χ0) is 23.1. The van der Waals surface area contributed by atoms with Gasteiger partial charge in [0, 0.05) is 31.0 Å². The summed E-state index contributed by atoms with van der Waals surface area (Å²) in [4.78, 5) is 29.2. The van der Waals surface area contributed by atoms with Crippen LogP contribution in [0, 0.1) is 5.92 Å². The van der Waals surface area contributed by atoms with Gasteiger partial charge in [-0.25, -0.2) is 0 Å². The normalized spacial score (nSPS) is 17.5. The number of ether oxygens (including phenoxy) is 1. The quantitative estimate of drug-likeness (QED) is 0.449. The molecule has 0 aromatic heterocycles. The monoisotopic (exact) mass is 441 g/mol. The maximum absolute atomic E-state index is 12.7. The molecule has 174 valence electrons. The zero-order valence-electron chi connectivity index (χ0n) is 19.4. The highest BCUT2D eigenvalue weighted by molar-refractivity contribution is 6.24. The lowest BCUT2D eigenvalue weighted by Crippen LogP contribution is -2.36. The van der Waals surface area contributed by atoms with Crippen molar-refractivity contribution in [3.05, 3.63) is 47.2 Å². The smallest absolute Gasteiger partial charge is 0.264 e. The van der Waals surface area contributed by atoms with Gasteiger partial charge in [0.25, 0.3) is 11.8 Å². The second kappa shape index (κ2) is 11.2. The third-order valence-corrected chi connectivity index (χ3v) is 5.96. The number of amides is 2. The summed E-state index contributed by atoms with van der Waals surface area (Å²) in [6.07, 6.45) is 5.15. The molecule has 0 bridgehead atoms. The minimum Gasteiger partial charge on any atom is -0.509 e. The highest BCUT2D eigenvalue weighted by Gasteiger charge is 2.35. The van der Waals surface area contributed by atoms with Gasteiger partial charge in [-0.1, -0.05) is 18.6 Å². The minimum atomic E-state index is -0.564. The Hall–Kier alpha value is -2.80. The molecule has 2 heterocycles. The third-order valence-electron chi connectivity index (χ3n) is 5.96. The molecule has 7 heteroatoms. The maximum Gasteiger partial charge on any atom is 0.264 e. The molecule has 0 aliphatic carbocycles. The summed E-state index contributed by atoms with van der Waals surface area (Å²) in [6.45, 7) is 10.1. The second-order valence-electron chi connectivity index (χ2n) is 8.90. The Morgan fingerprint density at radius 3 is 2.53 bits per heavy atom. The number of aliphatic hydroxyl groups excluding tert-OH is 1. The number of carbonyl (C=O) groups is 2. The van der Waals surface area contributed by atoms with E-state index in [2.05, 4.69) is 37.1 Å². The molecule has 1 fully saturated rings. The van der Waals surface area contributed by atoms with Crippen LogP contribution in [0.5, 0.6) is 0 Å². The molecule has 0 spiro atoms. The number of anilines is 2. The Labute approximate surface area is 190 Å². The lowest BCUT2D eigenvalue weighted by atomic mass is 10.0. The first-order valence-corrected chi connectivity index (χ1v) is 11.4. The van der Waals surface area contributed by atoms with Crippen molar-refractivity contribution in [2.24, 2.45) is 5.92 Å². The molecule has 32 heavy (non-hydrogen) atoms. The number of nitrogens with zero attached hydrogens (tertiary/aromatic N) is 2. The summed E-state index contributed by atoms with van der Waals surface area (Å²) in [6, 6.07) is 7.50. The van der Waals surface area contributed by atoms with Gasteiger partial charge in [0.1, 0.15) is 11.3 Å². The van der Waals surface area contributed by atoms with E-state index < -0.39 is 11.8 Å². The van der Waals surface area contributed by atoms with Gasteiger partial charge in [-0.2, -0.15) is 0 Å². The van der Waals surface area contributed by atoms with E-state index in [1.165, 1.54) is 5.57 Å². The van der Waals surface area contributed by atoms with Crippen molar-refractivity contribution < 1.29 is 19.4 Å². The average molecular weight is 442 g/mol. The fourth-order valence-electron chi connectivity index (χ4n) is 3.97. The molecule has 3 rings (SSSR count). The van der Waals surface area contributed by atoms with Crippen molar-refractivity contribution in [2.75, 3.05) is 49.6 Å². The number of morpholine rings is 1. The first-order chi connectivity index (χ1) is 15.3. The minimum absolute atomic E-state index is 0.0955. The average Bonchev–Trinajstić information content (AvgIpc) is 3.06. The molecule has 2 aliphatic heterocycles. The number of carbonyl (C=O) groups excluding carboxylic acids is 2. The van der Waals surface area contributed by atoms with Crippen LogP contribution in [-0.2, 0) is 14.3 Å². The summed E-state index contributed by atoms with van der Waals surface area (Å²) >= 11 is 0. The van der Waals surface area contributed by atoms with Gasteiger partial charge in [-0.3, -0.25) is 9.59 Å². The first-order valence-electron chi connectivity index (χ1n) is 11.4. The topological polar surface area (TPSA) is 82.1 Å². The molecule has 1 atom stereocenters. The molecular weight excluding hydrogens is 406 g/mol. The predicted octanol–water partition coefficient (Wildman–Crippen LogP) is 3.89. The highest BCUT2D eigenvalue weighted by atomic mass is 16.5. The number of rotatable bonds is 9. The van der Waals surface area contributed by atoms with Gasteiger partial charge < -0.3 is 25.0 Å². The van der Waals surface area contributed by atoms with E-state index in [0.29, 0.717) is 31.4 Å². The number of nitrogens with one attached hydrogen (secondary N) is 1. The molecule has 7 nitrogen and oxygen atoms in total. The van der Waals surface area contributed by atoms with E-state index in [0.717, 1.165) is 38.0 Å². The molecule has 2 aliphatic rings. The lowest BCUT2D eigenvalue weighted by molar-refractivity contribution is -0.127. The molecule has 1 saturated heterocycles. The molecule has 0 radical (unpaired) electrons. The van der Waals surface area contributed by atoms with Crippen LogP contribution >= 0.6 is 0 Å². The van der Waals surface area contributed by atoms with Crippen LogP contribution in [0.2, 0.25) is 0 Å². The Morgan fingerprint density at radius 1 is 1.19 bits per heavy atom. The van der Waals surface area contributed by atoms with E-state index in [-0.39, 0.29) is 17.9 Å². The van der Waals surface area contributed by atoms with E-state index >= 15 is 0 Å². The zero-order valence-corrected chi connectivity index (χ0v) is 19.4. The van der Waals surface area contributed by atoms with Gasteiger partial charge in [0.15, 0.2) is 0 Å². The first kappa shape index (κ1) is 23.9. The van der Waals surface area contributed by atoms with Gasteiger partial charge in [-0.15, -0.1) is 0 Å². The van der Waals surface area contributed by atoms with Crippen LogP contribution in [0.3, 0.4) is 0 Å². The number of aliphatic hydroxyl groups is 1. The van der Waals surface area contributed by atoms with Crippen molar-refractivity contribution in [1.29, 1.82) is 0 Å². The van der Waals surface area contributed by atoms with Crippen LogP contribution in [0.15, 0.2) is 47.2 Å². The van der Waals surface area contributed by atoms with Crippen molar-refractivity contribution in [2.45, 2.75) is 40.0 Å². The third kappa shape index (κ3) is 6.36. The van der Waals surface area contributed by atoms with Crippen LogP contribution in [0.4, 0.5) is 11.4 Å².